The highest BCUT2D eigenvalue weighted by Gasteiger charge is 2.51. The molecule has 5 fully saturated rings. The third kappa shape index (κ3) is 27.3. The summed E-state index contributed by atoms with van der Waals surface area (Å²) in [5, 5.41) is 112. The highest BCUT2D eigenvalue weighted by molar-refractivity contribution is 9.12. The Labute approximate surface area is 695 Å². The Kier molecular flexibility index (Phi) is 35.7. The van der Waals surface area contributed by atoms with Gasteiger partial charge in [0, 0.05) is 61.7 Å². The van der Waals surface area contributed by atoms with Gasteiger partial charge >= 0.3 is 4.77 Å². The van der Waals surface area contributed by atoms with Crippen LogP contribution in [0.15, 0.2) is 127 Å². The number of aliphatic hydroxyl groups excluding tert-OH is 11. The Morgan fingerprint density at radius 2 is 0.798 bits per heavy atom. The quantitative estimate of drug-likeness (QED) is 0.0342. The molecule has 20 atom stereocenters. The molecule has 0 bridgehead atoms. The van der Waals surface area contributed by atoms with Gasteiger partial charge in [0.25, 0.3) is 0 Å². The minimum Gasteiger partial charge on any atom is -0.398 e. The molecular weight excluding hydrogens is 1710 g/mol. The molecule has 0 radical (unpaired) electrons. The van der Waals surface area contributed by atoms with E-state index in [1.54, 1.807) is 86.8 Å². The molecule has 19 N–H and O–H groups in total. The predicted octanol–water partition coefficient (Wildman–Crippen LogP) is 3.34. The lowest BCUT2D eigenvalue weighted by Crippen LogP contribution is -2.42. The van der Waals surface area contributed by atoms with E-state index in [4.69, 9.17) is 63.9 Å². The molecular formula is C76H126Br2N14O16P5S+. The van der Waals surface area contributed by atoms with Crippen molar-refractivity contribution < 1.29 is 84.4 Å². The Balaban J connectivity index is 0.000000222. The Bertz CT molecular complexity index is 4230. The summed E-state index contributed by atoms with van der Waals surface area (Å²) in [6.45, 7) is 34.1. The van der Waals surface area contributed by atoms with Gasteiger partial charge in [-0.25, -0.2) is 24.1 Å². The van der Waals surface area contributed by atoms with Crippen LogP contribution >= 0.6 is 78.5 Å². The van der Waals surface area contributed by atoms with Crippen LogP contribution in [-0.4, -0.2) is 355 Å². The second-order valence-electron chi connectivity index (χ2n) is 33.0. The van der Waals surface area contributed by atoms with Crippen LogP contribution in [0.3, 0.4) is 0 Å². The summed E-state index contributed by atoms with van der Waals surface area (Å²) in [4.78, 5) is 23.1. The summed E-state index contributed by atoms with van der Waals surface area (Å²) in [6, 6.07) is 0. The van der Waals surface area contributed by atoms with Crippen molar-refractivity contribution in [1.82, 2.24) is 29.2 Å². The number of nitrogens with zero attached hydrogens (tertiary/aromatic N) is 10. The summed E-state index contributed by atoms with van der Waals surface area (Å²) in [7, 11) is 1.79. The molecule has 0 spiro atoms. The molecule has 10 rings (SSSR count). The zero-order chi connectivity index (χ0) is 86.1. The molecule has 0 aromatic carbocycles. The van der Waals surface area contributed by atoms with E-state index < -0.39 is 151 Å². The van der Waals surface area contributed by atoms with E-state index in [0.717, 1.165) is 30.8 Å². The molecule has 1 aromatic rings. The van der Waals surface area contributed by atoms with E-state index in [2.05, 4.69) is 188 Å². The summed E-state index contributed by atoms with van der Waals surface area (Å²) in [5.41, 5.74) is 25.5. The first-order valence-corrected chi connectivity index (χ1v) is 54.3. The van der Waals surface area contributed by atoms with Crippen LogP contribution in [0.1, 0.15) is 57.5 Å². The number of hydrogen-bond donors (Lipinski definition) is 15. The summed E-state index contributed by atoms with van der Waals surface area (Å²) < 4.78 is 34.6. The number of aliphatic hydroxyl groups is 11. The highest BCUT2D eigenvalue weighted by Crippen LogP contribution is 2.45. The van der Waals surface area contributed by atoms with Crippen molar-refractivity contribution in [2.24, 2.45) is 45.0 Å². The normalized spacial score (nSPS) is 31.3. The molecule has 10 heterocycles. The average Bonchev–Trinajstić information content (AvgIpc) is 1.65. The topological polar surface area (TPSA) is 445 Å². The van der Waals surface area contributed by atoms with Crippen molar-refractivity contribution in [3.63, 3.8) is 0 Å². The number of nitrogens with two attached hydrogens (primary N) is 4. The second kappa shape index (κ2) is 41.3. The van der Waals surface area contributed by atoms with Crippen molar-refractivity contribution in [1.29, 1.82) is 0 Å². The number of hydrogen-bond acceptors (Lipinski definition) is 29. The van der Waals surface area contributed by atoms with Crippen LogP contribution in [0.4, 0.5) is 0 Å². The minimum absolute atomic E-state index is 0.0655. The first-order valence-electron chi connectivity index (χ1n) is 37.1. The van der Waals surface area contributed by atoms with Gasteiger partial charge in [-0.1, -0.05) is 37.2 Å². The number of halogens is 2. The highest BCUT2D eigenvalue weighted by atomic mass is 79.9. The van der Waals surface area contributed by atoms with Crippen LogP contribution < -0.4 is 27.5 Å². The number of aliphatic imine (C=N–C) groups is 3. The van der Waals surface area contributed by atoms with Gasteiger partial charge in [0.05, 0.1) is 52.1 Å². The van der Waals surface area contributed by atoms with Crippen LogP contribution in [0, 0.1) is 23.5 Å². The molecule has 0 amide bonds. The molecule has 10 unspecified atom stereocenters. The fourth-order valence-corrected chi connectivity index (χ4v) is 18.5. The summed E-state index contributed by atoms with van der Waals surface area (Å²) in [6.07, 6.45) is 23.4. The van der Waals surface area contributed by atoms with Crippen molar-refractivity contribution in [3.8, 4) is 11.8 Å². The fourth-order valence-electron chi connectivity index (χ4n) is 12.9. The Hall–Kier alpha value is -4.32. The van der Waals surface area contributed by atoms with Crippen molar-refractivity contribution >= 4 is 128 Å². The molecule has 9 aliphatic rings. The van der Waals surface area contributed by atoms with E-state index in [-0.39, 0.29) is 18.5 Å². The Morgan fingerprint density at radius 3 is 1.16 bits per heavy atom. The SMILES string of the molecule is C=C1C=C(N)C(Br)=CN1C1OC(CCP(=C)(C)C)[C@@H](O)[C@H]1O.C=C1N=C(N)C(Br)=CN1C1OC(CCP(=C)(C)C)[C@@H](O)[C@H]1O.C=C1N=C(N)C(C#CC)=CN1C1OC(CCP(=C)(C)C)[C@@H](O)[C@H]1O.C=C1N=C(N)C(CCO)=CN1C1OC(CCP(=C)(C)C)[C@@H](O)[C@H]1O.C=P(C)(C)CCC1OC(n2c[n+](C)c(=S)nc2C)[C@H](O)[C@@H]1O. The average molecular weight is 1840 g/mol. The lowest BCUT2D eigenvalue weighted by molar-refractivity contribution is -0.686. The van der Waals surface area contributed by atoms with Gasteiger partial charge in [-0.2, -0.15) is 0 Å². The number of aromatic nitrogens is 3. The lowest BCUT2D eigenvalue weighted by Gasteiger charge is -2.32. The zero-order valence-electron chi connectivity index (χ0n) is 68.0. The molecule has 9 aliphatic heterocycles. The van der Waals surface area contributed by atoms with E-state index in [0.29, 0.717) is 110 Å². The third-order valence-electron chi connectivity index (χ3n) is 19.5. The van der Waals surface area contributed by atoms with E-state index in [1.807, 2.05) is 0 Å². The van der Waals surface area contributed by atoms with Crippen molar-refractivity contribution in [2.45, 2.75) is 175 Å². The maximum Gasteiger partial charge on any atom is 0.333 e. The number of rotatable bonds is 22. The van der Waals surface area contributed by atoms with Crippen LogP contribution in [0.25, 0.3) is 0 Å². The monoisotopic (exact) mass is 1840 g/mol. The molecule has 0 saturated carbocycles. The zero-order valence-corrected chi connectivity index (χ0v) is 76.5. The molecule has 38 heteroatoms. The van der Waals surface area contributed by atoms with Crippen molar-refractivity contribution in [3.05, 3.63) is 123 Å². The molecule has 114 heavy (non-hydrogen) atoms. The van der Waals surface area contributed by atoms with Crippen molar-refractivity contribution in [2.75, 3.05) is 104 Å². The fraction of sp³-hybridized carbons (Fsp3) is 0.592. The molecule has 640 valence electrons. The predicted molar refractivity (Wildman–Crippen MR) is 481 cm³/mol. The maximum atomic E-state index is 10.4. The number of aryl methyl sites for hydroxylation is 2. The third-order valence-corrected chi connectivity index (χ3v) is 28.5. The van der Waals surface area contributed by atoms with E-state index in [9.17, 15) is 51.1 Å². The first kappa shape index (κ1) is 98.5. The molecule has 30 nitrogen and oxygen atoms in total. The van der Waals surface area contributed by atoms with Gasteiger partial charge in [0.2, 0.25) is 12.1 Å². The van der Waals surface area contributed by atoms with Gasteiger partial charge in [0.15, 0.2) is 31.2 Å². The smallest absolute Gasteiger partial charge is 0.333 e. The van der Waals surface area contributed by atoms with Gasteiger partial charge in [0.1, 0.15) is 96.0 Å². The molecule has 5 saturated heterocycles. The summed E-state index contributed by atoms with van der Waals surface area (Å²) >= 11 is 11.8. The standard InChI is InChI=1S/C17H26N3O3P.C16H28N3O4P.C15H24BrN2O3P.C14H23BrN3O3P.C14H25N3O3PS/c1-6-7-12-10-20(11(2)19-16(12)18)17-15(22)14(21)13(23-17)8-9-24(3,4)5;1-10-18-15(17)11(5-7-20)9-19(10)16-14(22)13(21)12(23-16)6-8-24(2,3)4;1-9-7-11(17)10(16)8-18(9)15-14(20)13(19)12(21-15)5-6-22(2,3)4;1-8-17-13(16)9(15)7-18(8)14-12(20)11(19)10(21-14)5-6-22(2,3)4;1-9-15-14(22)16(2)8-17(9)13-12(19)11(18)10(20-13)6-7-21(3,4)5/h10,13-15,17,21-22H,2-3,8-9H2,1,4-5H3,(H2,18,19);9,12-14,16,20-22H,1-2,5-8H2,3-4H3,(H2,17,18);7-8,12-15,19-20H,1-2,5-6,17H2,3-4H3;7,10-12,14,19-20H,1-2,5-6H2,3-4H3,(H2,16,17);8,10-13,18-19H,3,6-7H2,1-2,4-5H3/q;;;;+1/t13?,14-,15-,17?;12?,13-,14-,16?;12?,13-,14-,15?;10?,11-,12-,14?;10?,11-,12-,13?/m11111/s1. The van der Waals surface area contributed by atoms with E-state index >= 15 is 0 Å². The van der Waals surface area contributed by atoms with Gasteiger partial charge in [-0.3, -0.25) is 0 Å². The van der Waals surface area contributed by atoms with Gasteiger partial charge < -0.3 is 122 Å². The lowest BCUT2D eigenvalue weighted by atomic mass is 10.1. The second-order valence-corrected chi connectivity index (χ2v) is 56.7. The van der Waals surface area contributed by atoms with Gasteiger partial charge in [-0.05, 0) is 187 Å². The first-order chi connectivity index (χ1) is 52.6. The Morgan fingerprint density at radius 1 is 0.482 bits per heavy atom. The van der Waals surface area contributed by atoms with E-state index in [1.165, 1.54) is 0 Å². The molecule has 1 aromatic heterocycles. The number of amidine groups is 3. The number of ether oxygens (including phenoxy) is 5. The number of allylic oxidation sites excluding steroid dienone is 2. The summed E-state index contributed by atoms with van der Waals surface area (Å²) in [5.74, 6) is 8.19. The minimum atomic E-state index is -1.24. The maximum absolute atomic E-state index is 10.4. The van der Waals surface area contributed by atoms with Crippen LogP contribution in [0.2, 0.25) is 0 Å². The van der Waals surface area contributed by atoms with Gasteiger partial charge in [-0.15, -0.1) is 71.8 Å². The van der Waals surface area contributed by atoms with Crippen LogP contribution in [-0.2, 0) is 30.7 Å². The largest absolute Gasteiger partial charge is 0.398 e. The molecule has 0 aliphatic carbocycles. The van der Waals surface area contributed by atoms with Crippen LogP contribution in [0.5, 0.6) is 0 Å².